The summed E-state index contributed by atoms with van der Waals surface area (Å²) in [7, 11) is 0. The number of aromatic carboxylic acids is 1. The van der Waals surface area contributed by atoms with Gasteiger partial charge < -0.3 is 5.11 Å². The van der Waals surface area contributed by atoms with Crippen molar-refractivity contribution >= 4 is 11.8 Å². The molecular formula is C20H12IO3+. The molecule has 0 fully saturated rings. The first-order chi connectivity index (χ1) is 11.6. The minimum atomic E-state index is -0.916. The summed E-state index contributed by atoms with van der Waals surface area (Å²) >= 11 is -0.453. The quantitative estimate of drug-likeness (QED) is 0.491. The lowest BCUT2D eigenvalue weighted by Gasteiger charge is -1.98. The van der Waals surface area contributed by atoms with Crippen LogP contribution in [0.3, 0.4) is 0 Å². The SMILES string of the molecule is O=C(O)c1ccc([I+]c2ccc3c(c2)C(=O)c2ccccc2-3)cc1. The Morgan fingerprint density at radius 3 is 2.08 bits per heavy atom. The Bertz CT molecular complexity index is 974. The van der Waals surface area contributed by atoms with Gasteiger partial charge in [0.15, 0.2) is 12.9 Å². The van der Waals surface area contributed by atoms with Crippen molar-refractivity contribution in [3.63, 3.8) is 0 Å². The minimum Gasteiger partial charge on any atom is -0.478 e. The standard InChI is InChI=1S/C20H11IO3/c22-19-17-4-2-1-3-15(17)16-10-9-14(11-18(16)19)21-13-7-5-12(6-8-13)20(23)24/h1-11H/p+1. The molecule has 24 heavy (non-hydrogen) atoms. The molecule has 3 nitrogen and oxygen atoms in total. The van der Waals surface area contributed by atoms with Crippen LogP contribution in [0.5, 0.6) is 0 Å². The van der Waals surface area contributed by atoms with Crippen molar-refractivity contribution in [1.29, 1.82) is 0 Å². The van der Waals surface area contributed by atoms with Gasteiger partial charge in [-0.1, -0.05) is 24.3 Å². The number of carbonyl (C=O) groups excluding carboxylic acids is 1. The van der Waals surface area contributed by atoms with Crippen molar-refractivity contribution < 1.29 is 35.9 Å². The number of benzene rings is 3. The highest BCUT2D eigenvalue weighted by Crippen LogP contribution is 2.35. The summed E-state index contributed by atoms with van der Waals surface area (Å²) in [6.07, 6.45) is 0. The van der Waals surface area contributed by atoms with E-state index in [-0.39, 0.29) is 5.78 Å². The molecule has 0 aromatic heterocycles. The Morgan fingerprint density at radius 2 is 1.38 bits per heavy atom. The molecule has 0 heterocycles. The zero-order chi connectivity index (χ0) is 16.7. The molecule has 116 valence electrons. The van der Waals surface area contributed by atoms with Crippen LogP contribution in [-0.2, 0) is 0 Å². The highest BCUT2D eigenvalue weighted by molar-refractivity contribution is 6.21. The first kappa shape index (κ1) is 15.1. The van der Waals surface area contributed by atoms with Gasteiger partial charge in [-0.2, -0.15) is 0 Å². The highest BCUT2D eigenvalue weighted by atomic mass is 127. The summed E-state index contributed by atoms with van der Waals surface area (Å²) in [6, 6.07) is 20.8. The maximum atomic E-state index is 12.6. The lowest BCUT2D eigenvalue weighted by Crippen LogP contribution is -3.61. The van der Waals surface area contributed by atoms with Crippen molar-refractivity contribution in [3.05, 3.63) is 90.6 Å². The largest absolute Gasteiger partial charge is 0.478 e. The van der Waals surface area contributed by atoms with Gasteiger partial charge in [0.25, 0.3) is 0 Å². The number of hydrogen-bond donors (Lipinski definition) is 1. The number of halogens is 1. The van der Waals surface area contributed by atoms with Crippen molar-refractivity contribution in [2.45, 2.75) is 0 Å². The lowest BCUT2D eigenvalue weighted by atomic mass is 10.1. The predicted molar refractivity (Wildman–Crippen MR) is 86.1 cm³/mol. The lowest BCUT2D eigenvalue weighted by molar-refractivity contribution is -0.597. The molecule has 3 aromatic rings. The van der Waals surface area contributed by atoms with Crippen LogP contribution < -0.4 is 21.2 Å². The second-order valence-electron chi connectivity index (χ2n) is 5.47. The van der Waals surface area contributed by atoms with Crippen LogP contribution in [0.1, 0.15) is 26.3 Å². The Hall–Kier alpha value is -2.47. The van der Waals surface area contributed by atoms with Gasteiger partial charge in [0.05, 0.1) is 5.56 Å². The van der Waals surface area contributed by atoms with Crippen molar-refractivity contribution in [3.8, 4) is 11.1 Å². The number of fused-ring (bicyclic) bond motifs is 3. The minimum absolute atomic E-state index is 0.0904. The highest BCUT2D eigenvalue weighted by Gasteiger charge is 2.28. The molecule has 4 heteroatoms. The fourth-order valence-corrected chi connectivity index (χ4v) is 5.11. The van der Waals surface area contributed by atoms with Gasteiger partial charge in [-0.3, -0.25) is 4.79 Å². The normalized spacial score (nSPS) is 11.9. The van der Waals surface area contributed by atoms with Gasteiger partial charge in [0.2, 0.25) is 0 Å². The van der Waals surface area contributed by atoms with E-state index in [9.17, 15) is 9.59 Å². The predicted octanol–water partition coefficient (Wildman–Crippen LogP) is 0.725. The molecule has 0 amide bonds. The summed E-state index contributed by atoms with van der Waals surface area (Å²) in [4.78, 5) is 23.5. The molecule has 0 radical (unpaired) electrons. The second kappa shape index (κ2) is 5.87. The number of rotatable bonds is 3. The van der Waals surface area contributed by atoms with E-state index in [0.717, 1.165) is 29.4 Å². The van der Waals surface area contributed by atoms with Gasteiger partial charge in [0, 0.05) is 17.2 Å². The van der Waals surface area contributed by atoms with Crippen molar-refractivity contribution in [2.24, 2.45) is 0 Å². The molecule has 1 aliphatic carbocycles. The molecular weight excluding hydrogens is 415 g/mol. The van der Waals surface area contributed by atoms with Crippen molar-refractivity contribution in [1.82, 2.24) is 0 Å². The second-order valence-corrected chi connectivity index (χ2v) is 8.50. The van der Waals surface area contributed by atoms with E-state index in [0.29, 0.717) is 5.56 Å². The third-order valence-electron chi connectivity index (χ3n) is 4.00. The van der Waals surface area contributed by atoms with Crippen LogP contribution in [0.2, 0.25) is 0 Å². The number of carboxylic acid groups (broad SMARTS) is 1. The van der Waals surface area contributed by atoms with Crippen LogP contribution in [0.25, 0.3) is 11.1 Å². The number of ketones is 1. The summed E-state index contributed by atoms with van der Waals surface area (Å²) in [5, 5.41) is 8.96. The molecule has 0 bridgehead atoms. The van der Waals surface area contributed by atoms with Gasteiger partial charge in [-0.05, 0) is 47.5 Å². The molecule has 3 aromatic carbocycles. The van der Waals surface area contributed by atoms with Crippen LogP contribution in [0.15, 0.2) is 66.7 Å². The summed E-state index contributed by atoms with van der Waals surface area (Å²) in [5.74, 6) is -0.826. The van der Waals surface area contributed by atoms with E-state index >= 15 is 0 Å². The van der Waals surface area contributed by atoms with E-state index in [1.165, 1.54) is 0 Å². The Morgan fingerprint density at radius 1 is 0.750 bits per heavy atom. The van der Waals surface area contributed by atoms with Crippen molar-refractivity contribution in [2.75, 3.05) is 0 Å². The van der Waals surface area contributed by atoms with E-state index in [1.807, 2.05) is 48.5 Å². The molecule has 4 rings (SSSR count). The van der Waals surface area contributed by atoms with Crippen LogP contribution in [0.4, 0.5) is 0 Å². The molecule has 1 aliphatic rings. The molecule has 1 N–H and O–H groups in total. The van der Waals surface area contributed by atoms with Gasteiger partial charge in [-0.15, -0.1) is 0 Å². The maximum absolute atomic E-state index is 12.6. The van der Waals surface area contributed by atoms with Gasteiger partial charge >= 0.3 is 27.2 Å². The van der Waals surface area contributed by atoms with E-state index < -0.39 is 27.2 Å². The summed E-state index contributed by atoms with van der Waals surface area (Å²) < 4.78 is 2.28. The first-order valence-electron chi connectivity index (χ1n) is 7.40. The molecule has 0 saturated carbocycles. The topological polar surface area (TPSA) is 54.4 Å². The molecule has 0 unspecified atom stereocenters. The maximum Gasteiger partial charge on any atom is 0.357 e. The number of carbonyl (C=O) groups is 2. The molecule has 0 atom stereocenters. The van der Waals surface area contributed by atoms with Crippen LogP contribution in [-0.4, -0.2) is 16.9 Å². The van der Waals surface area contributed by atoms with E-state index in [4.69, 9.17) is 5.11 Å². The Kier molecular flexibility index (Phi) is 3.69. The summed E-state index contributed by atoms with van der Waals surface area (Å²) in [6.45, 7) is 0. The van der Waals surface area contributed by atoms with Crippen LogP contribution in [0, 0.1) is 7.14 Å². The van der Waals surface area contributed by atoms with Crippen LogP contribution >= 0.6 is 0 Å². The fourth-order valence-electron chi connectivity index (χ4n) is 2.84. The zero-order valence-corrected chi connectivity index (χ0v) is 14.7. The number of hydrogen-bond acceptors (Lipinski definition) is 2. The zero-order valence-electron chi connectivity index (χ0n) is 12.5. The molecule has 0 spiro atoms. The van der Waals surface area contributed by atoms with E-state index in [2.05, 4.69) is 6.07 Å². The third kappa shape index (κ3) is 2.53. The average molecular weight is 427 g/mol. The Balaban J connectivity index is 1.65. The smallest absolute Gasteiger partial charge is 0.357 e. The average Bonchev–Trinajstić information content (AvgIpc) is 2.88. The van der Waals surface area contributed by atoms with E-state index in [1.54, 1.807) is 12.1 Å². The summed E-state index contributed by atoms with van der Waals surface area (Å²) in [5.41, 5.74) is 3.85. The molecule has 0 aliphatic heterocycles. The third-order valence-corrected chi connectivity index (χ3v) is 6.63. The Labute approximate surface area is 149 Å². The molecule has 0 saturated heterocycles. The monoisotopic (exact) mass is 427 g/mol. The first-order valence-corrected chi connectivity index (χ1v) is 9.55. The fraction of sp³-hybridized carbons (Fsp3) is 0. The van der Waals surface area contributed by atoms with Gasteiger partial charge in [-0.25, -0.2) is 4.79 Å². The number of carboxylic acids is 1. The van der Waals surface area contributed by atoms with Gasteiger partial charge in [0.1, 0.15) is 0 Å².